The molecule has 0 fully saturated rings. The predicted molar refractivity (Wildman–Crippen MR) is 32.8 cm³/mol. The van der Waals surface area contributed by atoms with Crippen molar-refractivity contribution in [3.05, 3.63) is 0 Å². The highest BCUT2D eigenvalue weighted by atomic mass is 19.4. The molecule has 0 saturated carbocycles. The first-order valence-corrected chi connectivity index (χ1v) is 3.41. The maximum Gasteiger partial charge on any atom is 0.395 e. The van der Waals surface area contributed by atoms with E-state index >= 15 is 0 Å². The van der Waals surface area contributed by atoms with E-state index in [0.717, 1.165) is 0 Å². The molecule has 0 rings (SSSR count). The van der Waals surface area contributed by atoms with Crippen LogP contribution in [0.25, 0.3) is 0 Å². The third kappa shape index (κ3) is 4.34. The Hall–Kier alpha value is -1.02. The van der Waals surface area contributed by atoms with Gasteiger partial charge in [0.2, 0.25) is 0 Å². The average molecular weight is 242 g/mol. The van der Waals surface area contributed by atoms with Crippen molar-refractivity contribution in [3.8, 4) is 0 Å². The van der Waals surface area contributed by atoms with Gasteiger partial charge in [0, 0.05) is 0 Å². The van der Waals surface area contributed by atoms with Crippen LogP contribution in [0.4, 0.5) is 30.7 Å². The standard InChI is InChI=1S/C6H5F7O2/c7-4(8,1-3(14)15)5(9,10)2-6(11,12)13/h1-2H2,(H,14,15). The molecule has 9 heteroatoms. The van der Waals surface area contributed by atoms with Gasteiger partial charge in [-0.3, -0.25) is 4.79 Å². The van der Waals surface area contributed by atoms with Gasteiger partial charge in [0.05, 0.1) is 0 Å². The molecule has 0 aliphatic rings. The minimum atomic E-state index is -5.49. The number of carboxylic acids is 1. The number of carboxylic acid groups (broad SMARTS) is 1. The summed E-state index contributed by atoms with van der Waals surface area (Å²) in [6.45, 7) is 0. The first-order valence-electron chi connectivity index (χ1n) is 3.41. The average Bonchev–Trinajstić information content (AvgIpc) is 1.75. The van der Waals surface area contributed by atoms with Crippen LogP contribution in [-0.4, -0.2) is 29.1 Å². The molecule has 0 bridgehead atoms. The highest BCUT2D eigenvalue weighted by Crippen LogP contribution is 2.43. The fourth-order valence-electron chi connectivity index (χ4n) is 0.700. The Labute approximate surface area is 78.7 Å². The van der Waals surface area contributed by atoms with Crippen molar-refractivity contribution >= 4 is 5.97 Å². The molecule has 0 atom stereocenters. The Bertz CT molecular complexity index is 244. The molecule has 0 saturated heterocycles. The van der Waals surface area contributed by atoms with E-state index in [1.165, 1.54) is 0 Å². The van der Waals surface area contributed by atoms with Crippen LogP contribution >= 0.6 is 0 Å². The van der Waals surface area contributed by atoms with Gasteiger partial charge in [0.15, 0.2) is 0 Å². The van der Waals surface area contributed by atoms with Crippen molar-refractivity contribution in [1.82, 2.24) is 0 Å². The van der Waals surface area contributed by atoms with Crippen LogP contribution in [0.2, 0.25) is 0 Å². The Kier molecular flexibility index (Phi) is 3.59. The van der Waals surface area contributed by atoms with Crippen LogP contribution in [0.1, 0.15) is 12.8 Å². The second kappa shape index (κ2) is 3.86. The van der Waals surface area contributed by atoms with E-state index in [1.54, 1.807) is 0 Å². The Balaban J connectivity index is 4.76. The molecule has 2 nitrogen and oxygen atoms in total. The normalized spacial score (nSPS) is 14.1. The van der Waals surface area contributed by atoms with E-state index < -0.39 is 36.8 Å². The summed E-state index contributed by atoms with van der Waals surface area (Å²) in [6.07, 6.45) is -10.9. The zero-order valence-electron chi connectivity index (χ0n) is 6.92. The molecule has 90 valence electrons. The van der Waals surface area contributed by atoms with Crippen molar-refractivity contribution in [3.63, 3.8) is 0 Å². The van der Waals surface area contributed by atoms with Crippen molar-refractivity contribution in [2.75, 3.05) is 0 Å². The number of hydrogen-bond donors (Lipinski definition) is 1. The van der Waals surface area contributed by atoms with Gasteiger partial charge in [0.1, 0.15) is 12.8 Å². The number of hydrogen-bond acceptors (Lipinski definition) is 1. The molecular formula is C6H5F7O2. The van der Waals surface area contributed by atoms with Gasteiger partial charge >= 0.3 is 24.0 Å². The minimum absolute atomic E-state index is 2.30. The first-order chi connectivity index (χ1) is 6.37. The summed E-state index contributed by atoms with van der Waals surface area (Å²) in [5.41, 5.74) is 0. The summed E-state index contributed by atoms with van der Waals surface area (Å²) in [7, 11) is 0. The topological polar surface area (TPSA) is 37.3 Å². The molecule has 1 N–H and O–H groups in total. The van der Waals surface area contributed by atoms with Gasteiger partial charge in [-0.05, 0) is 0 Å². The van der Waals surface area contributed by atoms with E-state index in [-0.39, 0.29) is 0 Å². The van der Waals surface area contributed by atoms with E-state index in [4.69, 9.17) is 5.11 Å². The van der Waals surface area contributed by atoms with Crippen LogP contribution < -0.4 is 0 Å². The largest absolute Gasteiger partial charge is 0.481 e. The van der Waals surface area contributed by atoms with Crippen molar-refractivity contribution in [2.45, 2.75) is 30.9 Å². The molecule has 0 amide bonds. The van der Waals surface area contributed by atoms with Crippen LogP contribution in [0.15, 0.2) is 0 Å². The molecular weight excluding hydrogens is 237 g/mol. The van der Waals surface area contributed by atoms with Crippen LogP contribution in [0, 0.1) is 0 Å². The van der Waals surface area contributed by atoms with Crippen molar-refractivity contribution in [1.29, 1.82) is 0 Å². The molecule has 0 spiro atoms. The molecule has 0 radical (unpaired) electrons. The van der Waals surface area contributed by atoms with E-state index in [9.17, 15) is 35.5 Å². The summed E-state index contributed by atoms with van der Waals surface area (Å²) in [4.78, 5) is 9.73. The molecule has 15 heavy (non-hydrogen) atoms. The summed E-state index contributed by atoms with van der Waals surface area (Å²) in [5.74, 6) is -13.0. The highest BCUT2D eigenvalue weighted by molar-refractivity contribution is 5.68. The maximum atomic E-state index is 12.4. The lowest BCUT2D eigenvalue weighted by atomic mass is 10.1. The molecule has 0 aromatic rings. The molecule has 0 unspecified atom stereocenters. The number of rotatable bonds is 4. The zero-order valence-corrected chi connectivity index (χ0v) is 6.92. The number of alkyl halides is 7. The molecule has 0 aliphatic carbocycles. The monoisotopic (exact) mass is 242 g/mol. The fourth-order valence-corrected chi connectivity index (χ4v) is 0.700. The third-order valence-electron chi connectivity index (χ3n) is 1.33. The zero-order chi connectivity index (χ0) is 12.5. The molecule has 0 heterocycles. The number of aliphatic carboxylic acids is 1. The maximum absolute atomic E-state index is 12.4. The Morgan fingerprint density at radius 1 is 0.933 bits per heavy atom. The predicted octanol–water partition coefficient (Wildman–Crippen LogP) is 2.68. The Morgan fingerprint density at radius 3 is 1.60 bits per heavy atom. The lowest BCUT2D eigenvalue weighted by molar-refractivity contribution is -0.265. The lowest BCUT2D eigenvalue weighted by Crippen LogP contribution is -2.45. The van der Waals surface area contributed by atoms with Crippen LogP contribution in [-0.2, 0) is 4.79 Å². The fraction of sp³-hybridized carbons (Fsp3) is 0.833. The first kappa shape index (κ1) is 14.0. The summed E-state index contributed by atoms with van der Waals surface area (Å²) in [6, 6.07) is 0. The summed E-state index contributed by atoms with van der Waals surface area (Å²) >= 11 is 0. The minimum Gasteiger partial charge on any atom is -0.481 e. The van der Waals surface area contributed by atoms with E-state index in [2.05, 4.69) is 0 Å². The quantitative estimate of drug-likeness (QED) is 0.769. The van der Waals surface area contributed by atoms with Gasteiger partial charge in [-0.2, -0.15) is 30.7 Å². The lowest BCUT2D eigenvalue weighted by Gasteiger charge is -2.25. The molecule has 0 aromatic heterocycles. The number of carbonyl (C=O) groups is 1. The third-order valence-corrected chi connectivity index (χ3v) is 1.33. The van der Waals surface area contributed by atoms with Gasteiger partial charge in [-0.15, -0.1) is 0 Å². The van der Waals surface area contributed by atoms with Gasteiger partial charge in [-0.1, -0.05) is 0 Å². The van der Waals surface area contributed by atoms with Gasteiger partial charge < -0.3 is 5.11 Å². The van der Waals surface area contributed by atoms with Gasteiger partial charge in [-0.25, -0.2) is 0 Å². The highest BCUT2D eigenvalue weighted by Gasteiger charge is 2.61. The van der Waals surface area contributed by atoms with E-state index in [0.29, 0.717) is 0 Å². The van der Waals surface area contributed by atoms with Crippen molar-refractivity contribution in [2.24, 2.45) is 0 Å². The summed E-state index contributed by atoms with van der Waals surface area (Å²) < 4.78 is 83.7. The van der Waals surface area contributed by atoms with Crippen molar-refractivity contribution < 1.29 is 40.6 Å². The number of halogens is 7. The SMILES string of the molecule is O=C(O)CC(F)(F)C(F)(F)CC(F)(F)F. The second-order valence-corrected chi connectivity index (χ2v) is 2.77. The molecule has 0 aliphatic heterocycles. The van der Waals surface area contributed by atoms with Crippen LogP contribution in [0.5, 0.6) is 0 Å². The second-order valence-electron chi connectivity index (χ2n) is 2.77. The van der Waals surface area contributed by atoms with Gasteiger partial charge in [0.25, 0.3) is 0 Å². The van der Waals surface area contributed by atoms with Crippen LogP contribution in [0.3, 0.4) is 0 Å². The summed E-state index contributed by atoms with van der Waals surface area (Å²) in [5, 5.41) is 7.82. The van der Waals surface area contributed by atoms with E-state index in [1.807, 2.05) is 0 Å². The molecule has 0 aromatic carbocycles. The smallest absolute Gasteiger partial charge is 0.395 e. The Morgan fingerprint density at radius 2 is 1.33 bits per heavy atom.